The molecule has 0 radical (unpaired) electrons. The SMILES string of the molecule is CC1CNc2c(Cc3ccccc3)cccc2C1. The zero-order valence-corrected chi connectivity index (χ0v) is 10.8. The summed E-state index contributed by atoms with van der Waals surface area (Å²) in [7, 11) is 0. The van der Waals surface area contributed by atoms with Crippen LogP contribution in [0.5, 0.6) is 0 Å². The molecule has 0 saturated carbocycles. The van der Waals surface area contributed by atoms with E-state index in [1.807, 2.05) is 0 Å². The molecular weight excluding hydrogens is 218 g/mol. The lowest BCUT2D eigenvalue weighted by molar-refractivity contribution is 0.593. The zero-order chi connectivity index (χ0) is 12.4. The highest BCUT2D eigenvalue weighted by Crippen LogP contribution is 2.29. The van der Waals surface area contributed by atoms with E-state index in [-0.39, 0.29) is 0 Å². The summed E-state index contributed by atoms with van der Waals surface area (Å²) in [6.07, 6.45) is 2.22. The van der Waals surface area contributed by atoms with Gasteiger partial charge in [-0.25, -0.2) is 0 Å². The third kappa shape index (κ3) is 2.26. The molecule has 0 amide bonds. The highest BCUT2D eigenvalue weighted by atomic mass is 14.9. The fraction of sp³-hybridized carbons (Fsp3) is 0.294. The molecule has 0 aliphatic carbocycles. The maximum atomic E-state index is 3.60. The lowest BCUT2D eigenvalue weighted by Gasteiger charge is -2.25. The maximum Gasteiger partial charge on any atom is 0.0408 e. The van der Waals surface area contributed by atoms with Gasteiger partial charge in [-0.05, 0) is 35.4 Å². The van der Waals surface area contributed by atoms with Gasteiger partial charge in [-0.3, -0.25) is 0 Å². The van der Waals surface area contributed by atoms with E-state index in [0.717, 1.165) is 18.9 Å². The van der Waals surface area contributed by atoms with Gasteiger partial charge in [0, 0.05) is 12.2 Å². The summed E-state index contributed by atoms with van der Waals surface area (Å²) in [6, 6.07) is 17.4. The molecule has 1 atom stereocenters. The first kappa shape index (κ1) is 11.3. The summed E-state index contributed by atoms with van der Waals surface area (Å²) in [4.78, 5) is 0. The van der Waals surface area contributed by atoms with Crippen LogP contribution in [0, 0.1) is 5.92 Å². The van der Waals surface area contributed by atoms with Gasteiger partial charge in [-0.2, -0.15) is 0 Å². The molecule has 1 heterocycles. The van der Waals surface area contributed by atoms with Gasteiger partial charge in [0.2, 0.25) is 0 Å². The van der Waals surface area contributed by atoms with Crippen molar-refractivity contribution in [2.75, 3.05) is 11.9 Å². The molecule has 1 unspecified atom stereocenters. The largest absolute Gasteiger partial charge is 0.384 e. The Bertz CT molecular complexity index is 531. The number of anilines is 1. The van der Waals surface area contributed by atoms with Gasteiger partial charge in [0.1, 0.15) is 0 Å². The van der Waals surface area contributed by atoms with Crippen molar-refractivity contribution in [2.24, 2.45) is 5.92 Å². The average Bonchev–Trinajstić information content (AvgIpc) is 2.40. The highest BCUT2D eigenvalue weighted by Gasteiger charge is 2.16. The van der Waals surface area contributed by atoms with Crippen LogP contribution in [0.3, 0.4) is 0 Å². The minimum atomic E-state index is 0.740. The van der Waals surface area contributed by atoms with Gasteiger partial charge in [0.25, 0.3) is 0 Å². The molecule has 1 heteroatoms. The first-order valence-electron chi connectivity index (χ1n) is 6.71. The molecule has 0 aromatic heterocycles. The topological polar surface area (TPSA) is 12.0 Å². The van der Waals surface area contributed by atoms with Crippen molar-refractivity contribution in [2.45, 2.75) is 19.8 Å². The van der Waals surface area contributed by atoms with Crippen molar-refractivity contribution in [1.29, 1.82) is 0 Å². The molecule has 1 aliphatic rings. The van der Waals surface area contributed by atoms with Crippen LogP contribution in [0.4, 0.5) is 5.69 Å². The van der Waals surface area contributed by atoms with Gasteiger partial charge < -0.3 is 5.32 Å². The van der Waals surface area contributed by atoms with Crippen LogP contribution in [-0.4, -0.2) is 6.54 Å². The van der Waals surface area contributed by atoms with Crippen LogP contribution >= 0.6 is 0 Å². The van der Waals surface area contributed by atoms with E-state index < -0.39 is 0 Å². The number of hydrogen-bond donors (Lipinski definition) is 1. The molecule has 2 aromatic carbocycles. The van der Waals surface area contributed by atoms with Crippen LogP contribution in [0.1, 0.15) is 23.6 Å². The van der Waals surface area contributed by atoms with Crippen molar-refractivity contribution in [1.82, 2.24) is 0 Å². The molecule has 0 fully saturated rings. The number of benzene rings is 2. The van der Waals surface area contributed by atoms with E-state index >= 15 is 0 Å². The van der Waals surface area contributed by atoms with Crippen LogP contribution in [-0.2, 0) is 12.8 Å². The Hall–Kier alpha value is -1.76. The van der Waals surface area contributed by atoms with Crippen LogP contribution in [0.25, 0.3) is 0 Å². The lowest BCUT2D eigenvalue weighted by atomic mass is 9.91. The second kappa shape index (κ2) is 4.85. The van der Waals surface area contributed by atoms with Crippen molar-refractivity contribution in [3.63, 3.8) is 0 Å². The van der Waals surface area contributed by atoms with E-state index in [1.165, 1.54) is 28.8 Å². The third-order valence-corrected chi connectivity index (χ3v) is 3.67. The number of nitrogens with one attached hydrogen (secondary N) is 1. The molecule has 0 spiro atoms. The Labute approximate surface area is 109 Å². The Morgan fingerprint density at radius 1 is 1.06 bits per heavy atom. The minimum absolute atomic E-state index is 0.740. The fourth-order valence-electron chi connectivity index (χ4n) is 2.74. The zero-order valence-electron chi connectivity index (χ0n) is 10.8. The Morgan fingerprint density at radius 3 is 2.72 bits per heavy atom. The lowest BCUT2D eigenvalue weighted by Crippen LogP contribution is -2.21. The van der Waals surface area contributed by atoms with Crippen molar-refractivity contribution in [3.05, 3.63) is 65.2 Å². The van der Waals surface area contributed by atoms with E-state index in [0.29, 0.717) is 0 Å². The highest BCUT2D eigenvalue weighted by molar-refractivity contribution is 5.60. The monoisotopic (exact) mass is 237 g/mol. The predicted molar refractivity (Wildman–Crippen MR) is 77.0 cm³/mol. The summed E-state index contributed by atoms with van der Waals surface area (Å²) in [5, 5.41) is 3.60. The number of fused-ring (bicyclic) bond motifs is 1. The van der Waals surface area contributed by atoms with E-state index in [2.05, 4.69) is 60.8 Å². The molecule has 1 nitrogen and oxygen atoms in total. The van der Waals surface area contributed by atoms with Crippen molar-refractivity contribution in [3.8, 4) is 0 Å². The summed E-state index contributed by atoms with van der Waals surface area (Å²) >= 11 is 0. The maximum absolute atomic E-state index is 3.60. The molecule has 1 aliphatic heterocycles. The quantitative estimate of drug-likeness (QED) is 0.835. The Kier molecular flexibility index (Phi) is 3.06. The third-order valence-electron chi connectivity index (χ3n) is 3.67. The molecular formula is C17H19N. The molecule has 0 saturated heterocycles. The first-order chi connectivity index (χ1) is 8.83. The first-order valence-corrected chi connectivity index (χ1v) is 6.71. The normalized spacial score (nSPS) is 17.9. The number of rotatable bonds is 2. The van der Waals surface area contributed by atoms with Gasteiger partial charge in [0.15, 0.2) is 0 Å². The second-order valence-electron chi connectivity index (χ2n) is 5.30. The van der Waals surface area contributed by atoms with Crippen LogP contribution in [0.15, 0.2) is 48.5 Å². The number of para-hydroxylation sites is 1. The standard InChI is InChI=1S/C17H19N/c1-13-10-15-8-5-9-16(17(15)18-12-13)11-14-6-3-2-4-7-14/h2-9,13,18H,10-12H2,1H3. The Morgan fingerprint density at radius 2 is 1.89 bits per heavy atom. The second-order valence-corrected chi connectivity index (χ2v) is 5.30. The minimum Gasteiger partial charge on any atom is -0.384 e. The van der Waals surface area contributed by atoms with E-state index in [9.17, 15) is 0 Å². The van der Waals surface area contributed by atoms with Gasteiger partial charge in [0.05, 0.1) is 0 Å². The van der Waals surface area contributed by atoms with Gasteiger partial charge in [-0.1, -0.05) is 55.5 Å². The van der Waals surface area contributed by atoms with Gasteiger partial charge >= 0.3 is 0 Å². The molecule has 92 valence electrons. The molecule has 0 bridgehead atoms. The van der Waals surface area contributed by atoms with Crippen LogP contribution in [0.2, 0.25) is 0 Å². The summed E-state index contributed by atoms with van der Waals surface area (Å²) in [5.74, 6) is 0.740. The smallest absolute Gasteiger partial charge is 0.0408 e. The fourth-order valence-corrected chi connectivity index (χ4v) is 2.74. The molecule has 1 N–H and O–H groups in total. The van der Waals surface area contributed by atoms with Crippen molar-refractivity contribution < 1.29 is 0 Å². The molecule has 18 heavy (non-hydrogen) atoms. The summed E-state index contributed by atoms with van der Waals surface area (Å²) in [6.45, 7) is 3.40. The van der Waals surface area contributed by atoms with E-state index in [1.54, 1.807) is 0 Å². The average molecular weight is 237 g/mol. The van der Waals surface area contributed by atoms with E-state index in [4.69, 9.17) is 0 Å². The molecule has 2 aromatic rings. The Balaban J connectivity index is 1.91. The van der Waals surface area contributed by atoms with Crippen LogP contribution < -0.4 is 5.32 Å². The van der Waals surface area contributed by atoms with Gasteiger partial charge in [-0.15, -0.1) is 0 Å². The predicted octanol–water partition coefficient (Wildman–Crippen LogP) is 3.88. The molecule has 3 rings (SSSR count). The van der Waals surface area contributed by atoms with Crippen molar-refractivity contribution >= 4 is 5.69 Å². The summed E-state index contributed by atoms with van der Waals surface area (Å²) in [5.41, 5.74) is 5.65. The number of hydrogen-bond acceptors (Lipinski definition) is 1. The summed E-state index contributed by atoms with van der Waals surface area (Å²) < 4.78 is 0.